The van der Waals surface area contributed by atoms with Gasteiger partial charge in [0.1, 0.15) is 5.82 Å². The van der Waals surface area contributed by atoms with Gasteiger partial charge in [-0.05, 0) is 66.0 Å². The second kappa shape index (κ2) is 8.11. The number of halogens is 3. The summed E-state index contributed by atoms with van der Waals surface area (Å²) in [7, 11) is 0. The van der Waals surface area contributed by atoms with Crippen LogP contribution in [0.1, 0.15) is 67.3 Å². The maximum atomic E-state index is 14.6. The number of fused-ring (bicyclic) bond motifs is 1. The van der Waals surface area contributed by atoms with Crippen molar-refractivity contribution in [1.82, 2.24) is 0 Å². The van der Waals surface area contributed by atoms with E-state index in [0.717, 1.165) is 36.0 Å². The molecule has 26 heavy (non-hydrogen) atoms. The smallest absolute Gasteiger partial charge is 0.166 e. The van der Waals surface area contributed by atoms with Crippen LogP contribution in [0.2, 0.25) is 0 Å². The first kappa shape index (κ1) is 18.8. The molecule has 138 valence electrons. The van der Waals surface area contributed by atoms with Gasteiger partial charge in [0.15, 0.2) is 11.6 Å². The maximum absolute atomic E-state index is 14.6. The van der Waals surface area contributed by atoms with Crippen LogP contribution in [0.15, 0.2) is 24.3 Å². The lowest BCUT2D eigenvalue weighted by atomic mass is 9.86. The Balaban J connectivity index is 1.92. The van der Waals surface area contributed by atoms with Gasteiger partial charge in [0.05, 0.1) is 0 Å². The summed E-state index contributed by atoms with van der Waals surface area (Å²) >= 11 is 0. The first-order valence-electron chi connectivity index (χ1n) is 9.54. The number of hydrogen-bond acceptors (Lipinski definition) is 0. The molecule has 3 rings (SSSR count). The third kappa shape index (κ3) is 3.72. The van der Waals surface area contributed by atoms with Gasteiger partial charge in [0, 0.05) is 5.56 Å². The van der Waals surface area contributed by atoms with Gasteiger partial charge in [0.2, 0.25) is 0 Å². The van der Waals surface area contributed by atoms with Crippen molar-refractivity contribution < 1.29 is 13.2 Å². The first-order chi connectivity index (χ1) is 12.5. The van der Waals surface area contributed by atoms with E-state index in [9.17, 15) is 13.2 Å². The zero-order valence-electron chi connectivity index (χ0n) is 15.5. The van der Waals surface area contributed by atoms with Crippen LogP contribution >= 0.6 is 0 Å². The van der Waals surface area contributed by atoms with Crippen LogP contribution in [0.5, 0.6) is 0 Å². The molecule has 0 amide bonds. The van der Waals surface area contributed by atoms with E-state index in [2.05, 4.69) is 6.92 Å². The molecule has 1 aliphatic rings. The van der Waals surface area contributed by atoms with Crippen molar-refractivity contribution in [2.24, 2.45) is 0 Å². The number of hydrogen-bond donors (Lipinski definition) is 0. The summed E-state index contributed by atoms with van der Waals surface area (Å²) in [6.07, 6.45) is 7.28. The van der Waals surface area contributed by atoms with Crippen molar-refractivity contribution in [3.63, 3.8) is 0 Å². The van der Waals surface area contributed by atoms with E-state index in [0.29, 0.717) is 42.4 Å². The van der Waals surface area contributed by atoms with Crippen LogP contribution in [0.3, 0.4) is 0 Å². The van der Waals surface area contributed by atoms with Crippen LogP contribution in [-0.2, 0) is 19.3 Å². The van der Waals surface area contributed by atoms with Crippen LogP contribution in [-0.4, -0.2) is 0 Å². The summed E-state index contributed by atoms with van der Waals surface area (Å²) < 4.78 is 43.2. The molecule has 0 heterocycles. The average molecular weight is 358 g/mol. The second-order valence-corrected chi connectivity index (χ2v) is 7.02. The highest BCUT2D eigenvalue weighted by Crippen LogP contribution is 2.34. The fraction of sp³-hybridized carbons (Fsp3) is 0.391. The van der Waals surface area contributed by atoms with Crippen molar-refractivity contribution in [2.45, 2.75) is 58.8 Å². The highest BCUT2D eigenvalue weighted by atomic mass is 19.2. The maximum Gasteiger partial charge on any atom is 0.166 e. The van der Waals surface area contributed by atoms with Gasteiger partial charge in [0.25, 0.3) is 0 Å². The molecule has 2 aromatic carbocycles. The van der Waals surface area contributed by atoms with E-state index in [1.807, 2.05) is 13.0 Å². The number of unbranched alkanes of at least 4 members (excludes halogenated alkanes) is 2. The minimum atomic E-state index is -0.778. The molecule has 0 aromatic heterocycles. The van der Waals surface area contributed by atoms with Crippen molar-refractivity contribution in [3.05, 3.63) is 69.5 Å². The Hall–Kier alpha value is -2.03. The third-order valence-corrected chi connectivity index (χ3v) is 5.24. The van der Waals surface area contributed by atoms with Gasteiger partial charge >= 0.3 is 0 Å². The lowest BCUT2D eigenvalue weighted by Crippen LogP contribution is -2.05. The number of benzene rings is 2. The molecule has 0 nitrogen and oxygen atoms in total. The monoisotopic (exact) mass is 358 g/mol. The predicted octanol–water partition coefficient (Wildman–Crippen LogP) is 6.89. The van der Waals surface area contributed by atoms with E-state index in [4.69, 9.17) is 0 Å². The lowest BCUT2D eigenvalue weighted by Gasteiger charge is -2.19. The summed E-state index contributed by atoms with van der Waals surface area (Å²) in [4.78, 5) is 0. The number of allylic oxidation sites excluding steroid dienone is 1. The molecule has 0 N–H and O–H groups in total. The Kier molecular flexibility index (Phi) is 5.85. The standard InChI is InChI=1S/C23H25F3/c1-3-5-6-7-16-10-11-20(23(26)22(16)25)18-9-8-17-12-15(4-2)21(24)14-19(17)13-18/h10-14H,3-9H2,1-2H3. The molecule has 0 fully saturated rings. The van der Waals surface area contributed by atoms with Crippen LogP contribution in [0.25, 0.3) is 11.6 Å². The normalized spacial score (nSPS) is 13.5. The molecule has 0 bridgehead atoms. The Labute approximate surface area is 153 Å². The van der Waals surface area contributed by atoms with Gasteiger partial charge in [-0.1, -0.05) is 51.0 Å². The molecule has 3 heteroatoms. The third-order valence-electron chi connectivity index (χ3n) is 5.24. The van der Waals surface area contributed by atoms with Gasteiger partial charge in [-0.15, -0.1) is 0 Å². The average Bonchev–Trinajstić information content (AvgIpc) is 2.64. The zero-order chi connectivity index (χ0) is 18.7. The van der Waals surface area contributed by atoms with E-state index in [-0.39, 0.29) is 5.82 Å². The Bertz CT molecular complexity index is 834. The lowest BCUT2D eigenvalue weighted by molar-refractivity contribution is 0.493. The van der Waals surface area contributed by atoms with Gasteiger partial charge in [-0.2, -0.15) is 0 Å². The molecule has 0 unspecified atom stereocenters. The highest BCUT2D eigenvalue weighted by molar-refractivity contribution is 5.84. The van der Waals surface area contributed by atoms with E-state index in [1.165, 1.54) is 6.07 Å². The first-order valence-corrected chi connectivity index (χ1v) is 9.54. The zero-order valence-corrected chi connectivity index (χ0v) is 15.5. The van der Waals surface area contributed by atoms with E-state index >= 15 is 0 Å². The Morgan fingerprint density at radius 1 is 0.885 bits per heavy atom. The van der Waals surface area contributed by atoms with Gasteiger partial charge < -0.3 is 0 Å². The molecule has 2 aromatic rings. The SMILES string of the molecule is CCCCCc1ccc(C2=Cc3cc(F)c(CC)cc3CC2)c(F)c1F. The fourth-order valence-electron chi connectivity index (χ4n) is 3.64. The largest absolute Gasteiger partial charge is 0.207 e. The topological polar surface area (TPSA) is 0 Å². The fourth-order valence-corrected chi connectivity index (χ4v) is 3.64. The summed E-state index contributed by atoms with van der Waals surface area (Å²) in [6.45, 7) is 4.01. The Morgan fingerprint density at radius 2 is 1.69 bits per heavy atom. The van der Waals surface area contributed by atoms with E-state index in [1.54, 1.807) is 18.2 Å². The molecular weight excluding hydrogens is 333 g/mol. The summed E-state index contributed by atoms with van der Waals surface area (Å²) in [5, 5.41) is 0. The van der Waals surface area contributed by atoms with Crippen molar-refractivity contribution >= 4 is 11.6 Å². The molecule has 0 saturated heterocycles. The molecule has 0 spiro atoms. The number of aryl methyl sites for hydroxylation is 3. The minimum Gasteiger partial charge on any atom is -0.207 e. The summed E-state index contributed by atoms with van der Waals surface area (Å²) in [5.41, 5.74) is 4.02. The molecule has 1 aliphatic carbocycles. The quantitative estimate of drug-likeness (QED) is 0.493. The van der Waals surface area contributed by atoms with Gasteiger partial charge in [-0.3, -0.25) is 0 Å². The van der Waals surface area contributed by atoms with Crippen LogP contribution in [0, 0.1) is 17.5 Å². The van der Waals surface area contributed by atoms with Crippen molar-refractivity contribution in [1.29, 1.82) is 0 Å². The van der Waals surface area contributed by atoms with Gasteiger partial charge in [-0.25, -0.2) is 13.2 Å². The Morgan fingerprint density at radius 3 is 2.42 bits per heavy atom. The molecule has 0 saturated carbocycles. The van der Waals surface area contributed by atoms with Crippen molar-refractivity contribution in [2.75, 3.05) is 0 Å². The highest BCUT2D eigenvalue weighted by Gasteiger charge is 2.20. The molecular formula is C23H25F3. The second-order valence-electron chi connectivity index (χ2n) is 7.02. The molecule has 0 atom stereocenters. The molecule has 0 aliphatic heterocycles. The summed E-state index contributed by atoms with van der Waals surface area (Å²) in [6, 6.07) is 6.78. The van der Waals surface area contributed by atoms with Crippen molar-refractivity contribution in [3.8, 4) is 0 Å². The van der Waals surface area contributed by atoms with E-state index < -0.39 is 11.6 Å². The van der Waals surface area contributed by atoms with Crippen LogP contribution < -0.4 is 0 Å². The minimum absolute atomic E-state index is 0.235. The summed E-state index contributed by atoms with van der Waals surface area (Å²) in [5.74, 6) is -1.75. The van der Waals surface area contributed by atoms with Crippen LogP contribution in [0.4, 0.5) is 13.2 Å². The predicted molar refractivity (Wildman–Crippen MR) is 102 cm³/mol. The molecule has 0 radical (unpaired) electrons. The number of rotatable bonds is 6.